The van der Waals surface area contributed by atoms with E-state index in [0.29, 0.717) is 23.7 Å². The van der Waals surface area contributed by atoms with Gasteiger partial charge in [0, 0.05) is 19.0 Å². The number of nitrogens with two attached hydrogens (primary N) is 1. The second-order valence-electron chi connectivity index (χ2n) is 6.73. The Labute approximate surface area is 183 Å². The van der Waals surface area contributed by atoms with Gasteiger partial charge in [-0.1, -0.05) is 35.9 Å². The first-order chi connectivity index (χ1) is 12.5. The van der Waals surface area contributed by atoms with Crippen molar-refractivity contribution in [3.05, 3.63) is 59.1 Å². The molecule has 3 N–H and O–H groups in total. The van der Waals surface area contributed by atoms with E-state index in [1.165, 1.54) is 0 Å². The highest BCUT2D eigenvalue weighted by molar-refractivity contribution is 6.32. The van der Waals surface area contributed by atoms with Gasteiger partial charge in [-0.05, 0) is 36.9 Å². The lowest BCUT2D eigenvalue weighted by Gasteiger charge is -2.30. The number of hydrogen-bond donors (Lipinski definition) is 2. The van der Waals surface area contributed by atoms with Gasteiger partial charge >= 0.3 is 0 Å². The molecule has 0 unspecified atom stereocenters. The van der Waals surface area contributed by atoms with E-state index in [0.717, 1.165) is 11.3 Å². The number of nitrogens with zero attached hydrogens (tertiary/aromatic N) is 1. The zero-order chi connectivity index (χ0) is 18.7. The van der Waals surface area contributed by atoms with Crippen LogP contribution < -0.4 is 15.2 Å². The molecular weight excluding hydrogens is 423 g/mol. The number of aliphatic hydroxyl groups is 1. The maximum absolute atomic E-state index is 10.8. The molecule has 2 aromatic carbocycles. The van der Waals surface area contributed by atoms with E-state index in [1.54, 1.807) is 19.2 Å². The Kier molecular flexibility index (Phi) is 9.84. The maximum Gasteiger partial charge on any atom is 0.138 e. The number of rotatable bonds is 6. The van der Waals surface area contributed by atoms with Crippen LogP contribution in [0.1, 0.15) is 12.0 Å². The molecule has 0 aliphatic heterocycles. The number of halogens is 3. The fourth-order valence-corrected chi connectivity index (χ4v) is 3.73. The summed E-state index contributed by atoms with van der Waals surface area (Å²) in [6, 6.07) is 14.8. The zero-order valence-electron chi connectivity index (χ0n) is 15.8. The van der Waals surface area contributed by atoms with E-state index in [-0.39, 0.29) is 43.0 Å². The predicted octanol–water partition coefficient (Wildman–Crippen LogP) is 3.53. The second-order valence-corrected chi connectivity index (χ2v) is 7.14. The normalized spacial score (nSPS) is 23.6. The first-order valence-electron chi connectivity index (χ1n) is 8.67. The van der Waals surface area contributed by atoms with Gasteiger partial charge < -0.3 is 20.3 Å². The Bertz CT molecular complexity index is 733. The van der Waals surface area contributed by atoms with Crippen LogP contribution in [0, 0.1) is 0 Å². The first-order valence-corrected chi connectivity index (χ1v) is 9.05. The third-order valence-corrected chi connectivity index (χ3v) is 5.20. The van der Waals surface area contributed by atoms with Crippen molar-refractivity contribution in [1.29, 1.82) is 0 Å². The van der Waals surface area contributed by atoms with E-state index >= 15 is 0 Å². The molecule has 28 heavy (non-hydrogen) atoms. The lowest BCUT2D eigenvalue weighted by atomic mass is 10.1. The topological polar surface area (TPSA) is 68.0 Å². The quantitative estimate of drug-likeness (QED) is 0.706. The van der Waals surface area contributed by atoms with Gasteiger partial charge in [-0.15, -0.1) is 24.8 Å². The van der Waals surface area contributed by atoms with Crippen molar-refractivity contribution < 1.29 is 14.6 Å². The van der Waals surface area contributed by atoms with Crippen LogP contribution in [-0.2, 0) is 6.54 Å². The van der Waals surface area contributed by atoms with Gasteiger partial charge in [-0.25, -0.2) is 0 Å². The van der Waals surface area contributed by atoms with Gasteiger partial charge in [0.25, 0.3) is 0 Å². The monoisotopic (exact) mass is 448 g/mol. The molecule has 8 heteroatoms. The van der Waals surface area contributed by atoms with Gasteiger partial charge in [0.05, 0.1) is 18.2 Å². The minimum atomic E-state index is -0.690. The summed E-state index contributed by atoms with van der Waals surface area (Å²) >= 11 is 6.16. The Morgan fingerprint density at radius 3 is 2.39 bits per heavy atom. The molecule has 1 aliphatic rings. The van der Waals surface area contributed by atoms with Crippen LogP contribution in [0.3, 0.4) is 0 Å². The number of likely N-dealkylation sites (N-methyl/N-ethyl adjacent to an activating group) is 1. The molecule has 0 bridgehead atoms. The highest BCUT2D eigenvalue weighted by Crippen LogP contribution is 2.31. The number of aliphatic hydroxyl groups excluding tert-OH is 1. The van der Waals surface area contributed by atoms with E-state index < -0.39 is 6.10 Å². The Hall–Kier alpha value is -1.21. The van der Waals surface area contributed by atoms with E-state index in [1.807, 2.05) is 43.4 Å². The molecule has 1 fully saturated rings. The molecule has 0 aromatic heterocycles. The summed E-state index contributed by atoms with van der Waals surface area (Å²) in [6.07, 6.45) is -0.498. The van der Waals surface area contributed by atoms with Crippen LogP contribution >= 0.6 is 36.4 Å². The van der Waals surface area contributed by atoms with Crippen LogP contribution in [0.5, 0.6) is 11.5 Å². The average molecular weight is 450 g/mol. The summed E-state index contributed by atoms with van der Waals surface area (Å²) < 4.78 is 11.1. The lowest BCUT2D eigenvalue weighted by molar-refractivity contribution is 0.0138. The summed E-state index contributed by atoms with van der Waals surface area (Å²) in [7, 11) is 3.62. The minimum absolute atomic E-state index is 0. The molecule has 0 amide bonds. The average Bonchev–Trinajstić information content (AvgIpc) is 2.91. The smallest absolute Gasteiger partial charge is 0.138 e. The molecule has 2 aromatic rings. The summed E-state index contributed by atoms with van der Waals surface area (Å²) in [5, 5.41) is 11.3. The maximum atomic E-state index is 10.8. The molecule has 5 nitrogen and oxygen atoms in total. The van der Waals surface area contributed by atoms with Crippen molar-refractivity contribution in [2.24, 2.45) is 5.73 Å². The van der Waals surface area contributed by atoms with Crippen molar-refractivity contribution in [1.82, 2.24) is 4.90 Å². The Morgan fingerprint density at radius 2 is 1.79 bits per heavy atom. The highest BCUT2D eigenvalue weighted by Gasteiger charge is 2.44. The molecule has 4 atom stereocenters. The molecule has 0 saturated heterocycles. The Balaban J connectivity index is 0.00000196. The SMILES string of the molecule is COc1ccc(CN(C)[C@@H]2[C@@H](O)[C@H](Oc3ccccc3Cl)C[C@H]2N)cc1.Cl.Cl. The van der Waals surface area contributed by atoms with E-state index in [4.69, 9.17) is 26.8 Å². The van der Waals surface area contributed by atoms with Gasteiger partial charge in [0.15, 0.2) is 0 Å². The number of hydrogen-bond acceptors (Lipinski definition) is 5. The zero-order valence-corrected chi connectivity index (χ0v) is 18.2. The summed E-state index contributed by atoms with van der Waals surface area (Å²) in [6.45, 7) is 0.679. The van der Waals surface area contributed by atoms with E-state index in [2.05, 4.69) is 4.90 Å². The van der Waals surface area contributed by atoms with Crippen molar-refractivity contribution >= 4 is 36.4 Å². The minimum Gasteiger partial charge on any atom is -0.497 e. The van der Waals surface area contributed by atoms with Crippen LogP contribution in [0.25, 0.3) is 0 Å². The van der Waals surface area contributed by atoms with E-state index in [9.17, 15) is 5.11 Å². The van der Waals surface area contributed by atoms with Gasteiger partial charge in [0.1, 0.15) is 23.7 Å². The summed E-state index contributed by atoms with van der Waals surface area (Å²) in [5.41, 5.74) is 7.44. The number of para-hydroxylation sites is 1. The molecule has 0 heterocycles. The van der Waals surface area contributed by atoms with Crippen LogP contribution in [-0.4, -0.2) is 48.5 Å². The largest absolute Gasteiger partial charge is 0.497 e. The van der Waals surface area contributed by atoms with Crippen LogP contribution in [0.4, 0.5) is 0 Å². The predicted molar refractivity (Wildman–Crippen MR) is 117 cm³/mol. The molecule has 0 radical (unpaired) electrons. The highest BCUT2D eigenvalue weighted by atomic mass is 35.5. The van der Waals surface area contributed by atoms with Crippen molar-refractivity contribution in [3.63, 3.8) is 0 Å². The standard InChI is InChI=1S/C20H25ClN2O3.2ClH/c1-23(12-13-7-9-14(25-2)10-8-13)19-16(22)11-18(20(19)24)26-17-6-4-3-5-15(17)21;;/h3-10,16,18-20,24H,11-12,22H2,1-2H3;2*1H/t16-,18-,19+,20+;;/m1../s1. The van der Waals surface area contributed by atoms with Crippen molar-refractivity contribution in [2.45, 2.75) is 37.3 Å². The van der Waals surface area contributed by atoms with Crippen LogP contribution in [0.15, 0.2) is 48.5 Å². The number of methoxy groups -OCH3 is 1. The number of benzene rings is 2. The Morgan fingerprint density at radius 1 is 1.14 bits per heavy atom. The fourth-order valence-electron chi connectivity index (χ4n) is 3.55. The lowest BCUT2D eigenvalue weighted by Crippen LogP contribution is -2.48. The molecule has 3 rings (SSSR count). The van der Waals surface area contributed by atoms with Crippen molar-refractivity contribution in [3.8, 4) is 11.5 Å². The number of ether oxygens (including phenoxy) is 2. The third-order valence-electron chi connectivity index (χ3n) is 4.89. The molecule has 1 saturated carbocycles. The van der Waals surface area contributed by atoms with Gasteiger partial charge in [-0.2, -0.15) is 0 Å². The van der Waals surface area contributed by atoms with Crippen LogP contribution in [0.2, 0.25) is 5.02 Å². The third kappa shape index (κ3) is 5.66. The summed E-state index contributed by atoms with van der Waals surface area (Å²) in [5.74, 6) is 1.39. The van der Waals surface area contributed by atoms with Crippen molar-refractivity contribution in [2.75, 3.05) is 14.2 Å². The molecule has 1 aliphatic carbocycles. The molecule has 156 valence electrons. The molecular formula is C20H27Cl3N2O3. The summed E-state index contributed by atoms with van der Waals surface area (Å²) in [4.78, 5) is 2.08. The van der Waals surface area contributed by atoms with Gasteiger partial charge in [-0.3, -0.25) is 4.90 Å². The second kappa shape index (κ2) is 11.1. The fraction of sp³-hybridized carbons (Fsp3) is 0.400. The van der Waals surface area contributed by atoms with Gasteiger partial charge in [0.2, 0.25) is 0 Å². The molecule has 0 spiro atoms. The first kappa shape index (κ1) is 24.8.